The molecule has 0 aliphatic heterocycles. The Balaban J connectivity index is 1.75. The van der Waals surface area contributed by atoms with E-state index in [1.807, 2.05) is 42.5 Å². The minimum Gasteiger partial charge on any atom is -0.309 e. The van der Waals surface area contributed by atoms with Gasteiger partial charge in [-0.2, -0.15) is 0 Å². The number of benzene rings is 3. The molecule has 5 heteroatoms. The summed E-state index contributed by atoms with van der Waals surface area (Å²) in [6.45, 7) is 4.12. The lowest BCUT2D eigenvalue weighted by Gasteiger charge is -2.17. The summed E-state index contributed by atoms with van der Waals surface area (Å²) in [6.07, 6.45) is 0. The molecule has 0 saturated heterocycles. The Kier molecular flexibility index (Phi) is 5.53. The van der Waals surface area contributed by atoms with E-state index in [9.17, 15) is 4.79 Å². The molecule has 3 aromatic carbocycles. The molecule has 5 aromatic rings. The molecule has 0 radical (unpaired) electrons. The van der Waals surface area contributed by atoms with Crippen molar-refractivity contribution in [3.63, 3.8) is 0 Å². The van der Waals surface area contributed by atoms with Crippen molar-refractivity contribution in [1.29, 1.82) is 0 Å². The van der Waals surface area contributed by atoms with E-state index in [4.69, 9.17) is 4.98 Å². The number of rotatable bonds is 4. The second kappa shape index (κ2) is 8.49. The first kappa shape index (κ1) is 20.9. The predicted octanol–water partition coefficient (Wildman–Crippen LogP) is 7.21. The number of aromatic amines is 1. The molecule has 0 atom stereocenters. The highest BCUT2D eigenvalue weighted by molar-refractivity contribution is 9.10. The Hall–Kier alpha value is -3.02. The van der Waals surface area contributed by atoms with Gasteiger partial charge < -0.3 is 4.98 Å². The smallest absolute Gasteiger partial charge is 0.260 e. The van der Waals surface area contributed by atoms with E-state index in [-0.39, 0.29) is 11.5 Å². The van der Waals surface area contributed by atoms with Gasteiger partial charge in [0.1, 0.15) is 10.7 Å². The van der Waals surface area contributed by atoms with E-state index in [0.717, 1.165) is 42.0 Å². The van der Waals surface area contributed by atoms with Crippen LogP contribution in [0.3, 0.4) is 0 Å². The predicted molar refractivity (Wildman–Crippen MR) is 137 cm³/mol. The van der Waals surface area contributed by atoms with Gasteiger partial charge >= 0.3 is 0 Å². The molecule has 0 spiro atoms. The van der Waals surface area contributed by atoms with Crippen LogP contribution >= 0.6 is 27.3 Å². The van der Waals surface area contributed by atoms with Gasteiger partial charge in [0, 0.05) is 14.9 Å². The van der Waals surface area contributed by atoms with Gasteiger partial charge in [0.15, 0.2) is 0 Å². The van der Waals surface area contributed by atoms with E-state index in [0.29, 0.717) is 11.2 Å². The van der Waals surface area contributed by atoms with Gasteiger partial charge in [-0.25, -0.2) is 4.98 Å². The SMILES string of the molecule is Cc1ccc(Br)c(-c2c(C)sc3nc(C(c4ccccc4)c4ccccc4)[nH]c(=O)c23)c1. The Labute approximate surface area is 198 Å². The molecule has 0 amide bonds. The summed E-state index contributed by atoms with van der Waals surface area (Å²) in [4.78, 5) is 23.4. The van der Waals surface area contributed by atoms with Crippen LogP contribution in [0, 0.1) is 13.8 Å². The zero-order valence-corrected chi connectivity index (χ0v) is 20.1. The van der Waals surface area contributed by atoms with Crippen LogP contribution in [-0.4, -0.2) is 9.97 Å². The normalized spacial score (nSPS) is 11.4. The van der Waals surface area contributed by atoms with Crippen molar-refractivity contribution >= 4 is 37.5 Å². The third kappa shape index (κ3) is 3.72. The quantitative estimate of drug-likeness (QED) is 0.283. The van der Waals surface area contributed by atoms with Crippen molar-refractivity contribution in [3.8, 4) is 11.1 Å². The number of nitrogens with zero attached hydrogens (tertiary/aromatic N) is 1. The third-order valence-corrected chi connectivity index (χ3v) is 7.38. The van der Waals surface area contributed by atoms with Crippen LogP contribution < -0.4 is 5.56 Å². The van der Waals surface area contributed by atoms with E-state index in [1.165, 1.54) is 0 Å². The van der Waals surface area contributed by atoms with Crippen LogP contribution in [-0.2, 0) is 0 Å². The maximum absolute atomic E-state index is 13.5. The van der Waals surface area contributed by atoms with Crippen LogP contribution in [0.2, 0.25) is 0 Å². The third-order valence-electron chi connectivity index (χ3n) is 5.69. The molecule has 5 rings (SSSR count). The molecule has 1 N–H and O–H groups in total. The minimum atomic E-state index is -0.147. The molecule has 0 bridgehead atoms. The summed E-state index contributed by atoms with van der Waals surface area (Å²) in [7, 11) is 0. The summed E-state index contributed by atoms with van der Waals surface area (Å²) in [5.41, 5.74) is 5.21. The van der Waals surface area contributed by atoms with Gasteiger partial charge in [-0.05, 0) is 36.6 Å². The van der Waals surface area contributed by atoms with Crippen molar-refractivity contribution in [1.82, 2.24) is 9.97 Å². The molecule has 32 heavy (non-hydrogen) atoms. The highest BCUT2D eigenvalue weighted by Crippen LogP contribution is 2.40. The van der Waals surface area contributed by atoms with Gasteiger partial charge in [-0.15, -0.1) is 11.3 Å². The number of thiophene rings is 1. The van der Waals surface area contributed by atoms with Crippen LogP contribution in [0.25, 0.3) is 21.3 Å². The second-order valence-corrected chi connectivity index (χ2v) is 9.96. The molecule has 3 nitrogen and oxygen atoms in total. The molecule has 0 unspecified atom stereocenters. The summed E-state index contributed by atoms with van der Waals surface area (Å²) in [5.74, 6) is 0.516. The summed E-state index contributed by atoms with van der Waals surface area (Å²) in [5, 5.41) is 0.655. The van der Waals surface area contributed by atoms with E-state index < -0.39 is 0 Å². The van der Waals surface area contributed by atoms with Crippen LogP contribution in [0.4, 0.5) is 0 Å². The molecular formula is C27H21BrN2OS. The van der Waals surface area contributed by atoms with E-state index in [2.05, 4.69) is 71.2 Å². The molecule has 0 fully saturated rings. The fourth-order valence-corrected chi connectivity index (χ4v) is 5.72. The maximum Gasteiger partial charge on any atom is 0.260 e. The average molecular weight is 501 g/mol. The summed E-state index contributed by atoms with van der Waals surface area (Å²) < 4.78 is 0.973. The average Bonchev–Trinajstić information content (AvgIpc) is 3.13. The number of fused-ring (bicyclic) bond motifs is 1. The molecule has 158 valence electrons. The topological polar surface area (TPSA) is 45.8 Å². The van der Waals surface area contributed by atoms with Crippen molar-refractivity contribution in [2.24, 2.45) is 0 Å². The molecule has 0 aliphatic carbocycles. The lowest BCUT2D eigenvalue weighted by atomic mass is 9.90. The van der Waals surface area contributed by atoms with Crippen molar-refractivity contribution < 1.29 is 0 Å². The largest absolute Gasteiger partial charge is 0.309 e. The number of hydrogen-bond acceptors (Lipinski definition) is 3. The second-order valence-electron chi connectivity index (χ2n) is 7.90. The highest BCUT2D eigenvalue weighted by atomic mass is 79.9. The summed E-state index contributed by atoms with van der Waals surface area (Å²) >= 11 is 5.24. The van der Waals surface area contributed by atoms with Crippen LogP contribution in [0.5, 0.6) is 0 Å². The molecule has 2 heterocycles. The first-order chi connectivity index (χ1) is 15.5. The number of halogens is 1. The fourth-order valence-electron chi connectivity index (χ4n) is 4.23. The van der Waals surface area contributed by atoms with Crippen molar-refractivity contribution in [2.75, 3.05) is 0 Å². The zero-order chi connectivity index (χ0) is 22.2. The Morgan fingerprint density at radius 2 is 1.53 bits per heavy atom. The van der Waals surface area contributed by atoms with E-state index in [1.54, 1.807) is 11.3 Å². The van der Waals surface area contributed by atoms with Gasteiger partial charge in [0.25, 0.3) is 5.56 Å². The zero-order valence-electron chi connectivity index (χ0n) is 17.7. The molecule has 2 aromatic heterocycles. The van der Waals surface area contributed by atoms with Crippen molar-refractivity contribution in [3.05, 3.63) is 121 Å². The van der Waals surface area contributed by atoms with Crippen LogP contribution in [0.15, 0.2) is 88.1 Å². The number of H-pyrrole nitrogens is 1. The standard InChI is InChI=1S/C27H21BrN2OS/c1-16-13-14-21(28)20(15-16)22-17(2)32-27-24(22)26(31)29-25(30-27)23(18-9-5-3-6-10-18)19-11-7-4-8-12-19/h3-15,23H,1-2H3,(H,29,30,31). The first-order valence-electron chi connectivity index (χ1n) is 10.4. The Morgan fingerprint density at radius 1 is 0.906 bits per heavy atom. The summed E-state index contributed by atoms with van der Waals surface area (Å²) in [6, 6.07) is 26.6. The van der Waals surface area contributed by atoms with Gasteiger partial charge in [0.05, 0.1) is 11.3 Å². The minimum absolute atomic E-state index is 0.102. The molecule has 0 saturated carbocycles. The number of aryl methyl sites for hydroxylation is 2. The molecule has 0 aliphatic rings. The Morgan fingerprint density at radius 3 is 2.16 bits per heavy atom. The first-order valence-corrected chi connectivity index (χ1v) is 12.0. The van der Waals surface area contributed by atoms with Gasteiger partial charge in [-0.1, -0.05) is 94.3 Å². The number of aromatic nitrogens is 2. The fraction of sp³-hybridized carbons (Fsp3) is 0.111. The number of nitrogens with one attached hydrogen (secondary N) is 1. The Bertz CT molecular complexity index is 1430. The highest BCUT2D eigenvalue weighted by Gasteiger charge is 2.23. The molecular weight excluding hydrogens is 480 g/mol. The van der Waals surface area contributed by atoms with E-state index >= 15 is 0 Å². The maximum atomic E-state index is 13.5. The van der Waals surface area contributed by atoms with Gasteiger partial charge in [-0.3, -0.25) is 4.79 Å². The monoisotopic (exact) mass is 500 g/mol. The lowest BCUT2D eigenvalue weighted by Crippen LogP contribution is -2.16. The van der Waals surface area contributed by atoms with Crippen LogP contribution in [0.1, 0.15) is 33.3 Å². The van der Waals surface area contributed by atoms with Gasteiger partial charge in [0.2, 0.25) is 0 Å². The lowest BCUT2D eigenvalue weighted by molar-refractivity contribution is 0.860. The van der Waals surface area contributed by atoms with Crippen molar-refractivity contribution in [2.45, 2.75) is 19.8 Å². The number of hydrogen-bond donors (Lipinski definition) is 1.